The van der Waals surface area contributed by atoms with Gasteiger partial charge in [0.15, 0.2) is 0 Å². The number of rotatable bonds is 4. The number of aliphatic hydroxyl groups is 1. The van der Waals surface area contributed by atoms with Gasteiger partial charge in [0, 0.05) is 23.3 Å². The van der Waals surface area contributed by atoms with Crippen LogP contribution in [-0.4, -0.2) is 46.9 Å². The second kappa shape index (κ2) is 5.95. The normalized spacial score (nSPS) is 28.8. The van der Waals surface area contributed by atoms with E-state index in [-0.39, 0.29) is 17.6 Å². The molecule has 5 heteroatoms. The van der Waals surface area contributed by atoms with Crippen molar-refractivity contribution in [3.05, 3.63) is 15.6 Å². The van der Waals surface area contributed by atoms with Crippen molar-refractivity contribution in [2.45, 2.75) is 58.8 Å². The van der Waals surface area contributed by atoms with E-state index in [0.717, 1.165) is 51.2 Å². The van der Waals surface area contributed by atoms with E-state index in [0.29, 0.717) is 0 Å². The SMILES string of the molecule is CCO[C@@H]1C[C@H](O)C12CCN(Cc1nc(C)c(C)s1)CC2. The minimum atomic E-state index is -0.166. The summed E-state index contributed by atoms with van der Waals surface area (Å²) in [7, 11) is 0. The number of hydrogen-bond donors (Lipinski definition) is 1. The molecule has 0 aromatic carbocycles. The quantitative estimate of drug-likeness (QED) is 0.928. The molecule has 1 saturated carbocycles. The lowest BCUT2D eigenvalue weighted by Gasteiger charge is -2.56. The van der Waals surface area contributed by atoms with Crippen molar-refractivity contribution in [1.29, 1.82) is 0 Å². The van der Waals surface area contributed by atoms with Crippen molar-refractivity contribution in [3.8, 4) is 0 Å². The Labute approximate surface area is 131 Å². The van der Waals surface area contributed by atoms with Gasteiger partial charge in [-0.2, -0.15) is 0 Å². The Bertz CT molecular complexity index is 473. The molecule has 3 rings (SSSR count). The maximum Gasteiger partial charge on any atom is 0.107 e. The van der Waals surface area contributed by atoms with Gasteiger partial charge in [-0.1, -0.05) is 0 Å². The van der Waals surface area contributed by atoms with Crippen LogP contribution in [0, 0.1) is 19.3 Å². The van der Waals surface area contributed by atoms with E-state index >= 15 is 0 Å². The van der Waals surface area contributed by atoms with Gasteiger partial charge in [0.25, 0.3) is 0 Å². The lowest BCUT2D eigenvalue weighted by Crippen LogP contribution is -2.62. The number of aliphatic hydroxyl groups excluding tert-OH is 1. The topological polar surface area (TPSA) is 45.6 Å². The van der Waals surface area contributed by atoms with Gasteiger partial charge in [-0.15, -0.1) is 11.3 Å². The van der Waals surface area contributed by atoms with Crippen LogP contribution >= 0.6 is 11.3 Å². The van der Waals surface area contributed by atoms with Crippen molar-refractivity contribution in [1.82, 2.24) is 9.88 Å². The fourth-order valence-corrected chi connectivity index (χ4v) is 4.72. The predicted octanol–water partition coefficient (Wildman–Crippen LogP) is 2.51. The van der Waals surface area contributed by atoms with Crippen molar-refractivity contribution >= 4 is 11.3 Å². The Kier molecular flexibility index (Phi) is 4.37. The lowest BCUT2D eigenvalue weighted by molar-refractivity contribution is -0.209. The van der Waals surface area contributed by atoms with Crippen LogP contribution in [0.15, 0.2) is 0 Å². The highest BCUT2D eigenvalue weighted by molar-refractivity contribution is 7.11. The number of likely N-dealkylation sites (tertiary alicyclic amines) is 1. The molecule has 1 aromatic heterocycles. The minimum absolute atomic E-state index is 0.0290. The van der Waals surface area contributed by atoms with Crippen LogP contribution in [0.4, 0.5) is 0 Å². The molecule has 4 nitrogen and oxygen atoms in total. The zero-order valence-electron chi connectivity index (χ0n) is 13.3. The summed E-state index contributed by atoms with van der Waals surface area (Å²) in [6.07, 6.45) is 3.01. The average Bonchev–Trinajstić information content (AvgIpc) is 2.78. The van der Waals surface area contributed by atoms with Crippen molar-refractivity contribution < 1.29 is 9.84 Å². The standard InChI is InChI=1S/C16H26N2O2S/c1-4-20-14-9-13(19)16(14)5-7-18(8-6-16)10-15-17-11(2)12(3)21-15/h13-14,19H,4-10H2,1-3H3/t13-,14+/m0/s1. The molecule has 1 saturated heterocycles. The van der Waals surface area contributed by atoms with Crippen LogP contribution in [-0.2, 0) is 11.3 Å². The highest BCUT2D eigenvalue weighted by Crippen LogP contribution is 2.51. The van der Waals surface area contributed by atoms with E-state index in [1.54, 1.807) is 0 Å². The molecular weight excluding hydrogens is 284 g/mol. The minimum Gasteiger partial charge on any atom is -0.392 e. The Morgan fingerprint density at radius 2 is 2.10 bits per heavy atom. The molecule has 2 heterocycles. The summed E-state index contributed by atoms with van der Waals surface area (Å²) in [5.74, 6) is 0. The number of ether oxygens (including phenoxy) is 1. The Hall–Kier alpha value is -0.490. The first kappa shape index (κ1) is 15.4. The summed E-state index contributed by atoms with van der Waals surface area (Å²) in [6.45, 7) is 10.0. The Morgan fingerprint density at radius 3 is 2.62 bits per heavy atom. The Morgan fingerprint density at radius 1 is 1.38 bits per heavy atom. The molecule has 0 unspecified atom stereocenters. The van der Waals surface area contributed by atoms with Crippen LogP contribution in [0.3, 0.4) is 0 Å². The Balaban J connectivity index is 1.57. The summed E-state index contributed by atoms with van der Waals surface area (Å²) >= 11 is 1.81. The third kappa shape index (κ3) is 2.77. The van der Waals surface area contributed by atoms with Gasteiger partial charge in [-0.25, -0.2) is 4.98 Å². The molecule has 1 spiro atoms. The van der Waals surface area contributed by atoms with Gasteiger partial charge in [0.1, 0.15) is 5.01 Å². The van der Waals surface area contributed by atoms with Gasteiger partial charge >= 0.3 is 0 Å². The smallest absolute Gasteiger partial charge is 0.107 e. The number of hydrogen-bond acceptors (Lipinski definition) is 5. The van der Waals surface area contributed by atoms with Crippen molar-refractivity contribution in [2.24, 2.45) is 5.41 Å². The van der Waals surface area contributed by atoms with E-state index in [4.69, 9.17) is 4.74 Å². The third-order valence-electron chi connectivity index (χ3n) is 5.33. The van der Waals surface area contributed by atoms with Crippen molar-refractivity contribution in [2.75, 3.05) is 19.7 Å². The maximum atomic E-state index is 10.2. The molecule has 21 heavy (non-hydrogen) atoms. The first-order valence-corrected chi connectivity index (χ1v) is 8.81. The molecule has 2 atom stereocenters. The predicted molar refractivity (Wildman–Crippen MR) is 84.6 cm³/mol. The molecule has 1 aliphatic carbocycles. The van der Waals surface area contributed by atoms with E-state index in [1.807, 2.05) is 18.3 Å². The molecule has 118 valence electrons. The molecule has 0 radical (unpaired) electrons. The molecule has 0 bridgehead atoms. The van der Waals surface area contributed by atoms with Gasteiger partial charge in [-0.05, 0) is 46.7 Å². The van der Waals surface area contributed by atoms with E-state index in [2.05, 4.69) is 23.7 Å². The fraction of sp³-hybridized carbons (Fsp3) is 0.812. The van der Waals surface area contributed by atoms with Gasteiger partial charge in [0.2, 0.25) is 0 Å². The summed E-state index contributed by atoms with van der Waals surface area (Å²) < 4.78 is 5.83. The largest absolute Gasteiger partial charge is 0.392 e. The van der Waals surface area contributed by atoms with E-state index in [1.165, 1.54) is 9.88 Å². The number of aryl methyl sites for hydroxylation is 2. The number of piperidine rings is 1. The van der Waals surface area contributed by atoms with Gasteiger partial charge in [-0.3, -0.25) is 4.90 Å². The number of nitrogens with zero attached hydrogens (tertiary/aromatic N) is 2. The average molecular weight is 310 g/mol. The summed E-state index contributed by atoms with van der Waals surface area (Å²) in [4.78, 5) is 8.43. The van der Waals surface area contributed by atoms with Gasteiger partial charge in [0.05, 0.1) is 24.4 Å². The highest BCUT2D eigenvalue weighted by Gasteiger charge is 2.55. The fourth-order valence-electron chi connectivity index (χ4n) is 3.74. The third-order valence-corrected chi connectivity index (χ3v) is 6.39. The van der Waals surface area contributed by atoms with Crippen LogP contribution < -0.4 is 0 Å². The molecule has 1 aromatic rings. The van der Waals surface area contributed by atoms with E-state index in [9.17, 15) is 5.11 Å². The highest BCUT2D eigenvalue weighted by atomic mass is 32.1. The summed E-state index contributed by atoms with van der Waals surface area (Å²) in [5.41, 5.74) is 1.19. The lowest BCUT2D eigenvalue weighted by atomic mass is 9.58. The van der Waals surface area contributed by atoms with Crippen LogP contribution in [0.25, 0.3) is 0 Å². The zero-order chi connectivity index (χ0) is 15.0. The molecule has 1 aliphatic heterocycles. The second-order valence-electron chi connectivity index (χ2n) is 6.45. The molecule has 1 N–H and O–H groups in total. The van der Waals surface area contributed by atoms with Gasteiger partial charge < -0.3 is 9.84 Å². The number of aromatic nitrogens is 1. The zero-order valence-corrected chi connectivity index (χ0v) is 14.1. The van der Waals surface area contributed by atoms with Crippen molar-refractivity contribution in [3.63, 3.8) is 0 Å². The monoisotopic (exact) mass is 310 g/mol. The molecular formula is C16H26N2O2S. The van der Waals surface area contributed by atoms with Crippen LogP contribution in [0.5, 0.6) is 0 Å². The summed E-state index contributed by atoms with van der Waals surface area (Å²) in [5, 5.41) is 11.4. The van der Waals surface area contributed by atoms with E-state index < -0.39 is 0 Å². The maximum absolute atomic E-state index is 10.2. The summed E-state index contributed by atoms with van der Waals surface area (Å²) in [6, 6.07) is 0. The first-order valence-electron chi connectivity index (χ1n) is 8.00. The first-order chi connectivity index (χ1) is 10.0. The molecule has 2 fully saturated rings. The number of thiazole rings is 1. The van der Waals surface area contributed by atoms with Crippen LogP contribution in [0.1, 0.15) is 41.8 Å². The second-order valence-corrected chi connectivity index (χ2v) is 7.74. The molecule has 0 amide bonds. The molecule has 2 aliphatic rings. The van der Waals surface area contributed by atoms with Crippen LogP contribution in [0.2, 0.25) is 0 Å².